The van der Waals surface area contributed by atoms with Crippen LogP contribution in [0, 0.1) is 5.82 Å². The molecule has 12 heteroatoms. The van der Waals surface area contributed by atoms with E-state index >= 15 is 0 Å². The molecule has 1 aliphatic rings. The molecule has 4 aromatic rings. The van der Waals surface area contributed by atoms with Crippen molar-refractivity contribution in [2.24, 2.45) is 0 Å². The molecule has 1 aromatic carbocycles. The standard InChI is InChI=1S/C21H20FN7O3S/c1-33(30,31)28-12-8-15(9-13-28)20-24-21(32-26-20)18-19(14-6-10-23-11-7-14)29(27-25-18)17-5-3-2-4-16(17)22/h2-7,10-11,15H,8-9,12-13H2,1H3. The number of para-hydroxylation sites is 1. The van der Waals surface area contributed by atoms with E-state index in [-0.39, 0.29) is 17.5 Å². The lowest BCUT2D eigenvalue weighted by Gasteiger charge is -2.28. The first-order chi connectivity index (χ1) is 15.9. The molecule has 0 atom stereocenters. The Hall–Kier alpha value is -3.51. The molecule has 0 amide bonds. The summed E-state index contributed by atoms with van der Waals surface area (Å²) in [6.07, 6.45) is 5.62. The zero-order chi connectivity index (χ0) is 23.0. The maximum Gasteiger partial charge on any atom is 0.280 e. The van der Waals surface area contributed by atoms with E-state index in [1.807, 2.05) is 0 Å². The van der Waals surface area contributed by atoms with Gasteiger partial charge in [0.2, 0.25) is 10.0 Å². The van der Waals surface area contributed by atoms with Crippen LogP contribution < -0.4 is 0 Å². The molecule has 0 N–H and O–H groups in total. The Morgan fingerprint density at radius 1 is 1.09 bits per heavy atom. The number of sulfonamides is 1. The molecule has 3 aromatic heterocycles. The molecule has 170 valence electrons. The third-order valence-corrected chi connectivity index (χ3v) is 6.94. The van der Waals surface area contributed by atoms with E-state index in [4.69, 9.17) is 4.52 Å². The van der Waals surface area contributed by atoms with Crippen LogP contribution in [0.15, 0.2) is 53.3 Å². The molecule has 33 heavy (non-hydrogen) atoms. The van der Waals surface area contributed by atoms with Crippen molar-refractivity contribution >= 4 is 10.0 Å². The SMILES string of the molecule is CS(=O)(=O)N1CCC(c2noc(-c3nnn(-c4ccccc4F)c3-c3ccncc3)n2)CC1. The Bertz CT molecular complexity index is 1380. The average Bonchev–Trinajstić information content (AvgIpc) is 3.47. The van der Waals surface area contributed by atoms with Crippen LogP contribution in [-0.2, 0) is 10.0 Å². The van der Waals surface area contributed by atoms with Gasteiger partial charge in [-0.2, -0.15) is 4.98 Å². The van der Waals surface area contributed by atoms with Gasteiger partial charge in [0.25, 0.3) is 5.89 Å². The predicted octanol–water partition coefficient (Wildman–Crippen LogP) is 2.66. The number of pyridine rings is 1. The van der Waals surface area contributed by atoms with Gasteiger partial charge < -0.3 is 4.52 Å². The largest absolute Gasteiger partial charge is 0.332 e. The van der Waals surface area contributed by atoms with Gasteiger partial charge in [-0.1, -0.05) is 22.5 Å². The number of halogens is 1. The summed E-state index contributed by atoms with van der Waals surface area (Å²) < 4.78 is 46.4. The van der Waals surface area contributed by atoms with E-state index < -0.39 is 15.8 Å². The Morgan fingerprint density at radius 3 is 2.52 bits per heavy atom. The first kappa shape index (κ1) is 21.3. The number of hydrogen-bond donors (Lipinski definition) is 0. The number of hydrogen-bond acceptors (Lipinski definition) is 8. The van der Waals surface area contributed by atoms with E-state index in [1.165, 1.54) is 21.3 Å². The van der Waals surface area contributed by atoms with Crippen LogP contribution in [0.5, 0.6) is 0 Å². The van der Waals surface area contributed by atoms with Crippen LogP contribution >= 0.6 is 0 Å². The quantitative estimate of drug-likeness (QED) is 0.438. The van der Waals surface area contributed by atoms with Gasteiger partial charge in [-0.15, -0.1) is 5.10 Å². The second-order valence-corrected chi connectivity index (χ2v) is 9.76. The van der Waals surface area contributed by atoms with E-state index in [0.29, 0.717) is 48.7 Å². The zero-order valence-corrected chi connectivity index (χ0v) is 18.5. The molecule has 1 saturated heterocycles. The lowest BCUT2D eigenvalue weighted by atomic mass is 9.97. The maximum absolute atomic E-state index is 14.5. The van der Waals surface area contributed by atoms with Crippen molar-refractivity contribution in [2.45, 2.75) is 18.8 Å². The zero-order valence-electron chi connectivity index (χ0n) is 17.7. The lowest BCUT2D eigenvalue weighted by Crippen LogP contribution is -2.37. The highest BCUT2D eigenvalue weighted by molar-refractivity contribution is 7.88. The Balaban J connectivity index is 1.51. The summed E-state index contributed by atoms with van der Waals surface area (Å²) in [5.41, 5.74) is 1.74. The monoisotopic (exact) mass is 469 g/mol. The van der Waals surface area contributed by atoms with Crippen LogP contribution in [0.1, 0.15) is 24.6 Å². The van der Waals surface area contributed by atoms with Crippen molar-refractivity contribution in [1.82, 2.24) is 34.4 Å². The Labute approximate surface area is 189 Å². The predicted molar refractivity (Wildman–Crippen MR) is 116 cm³/mol. The van der Waals surface area contributed by atoms with Gasteiger partial charge in [-0.3, -0.25) is 4.98 Å². The molecule has 0 unspecified atom stereocenters. The molecule has 5 rings (SSSR count). The molecule has 1 aliphatic heterocycles. The second kappa shape index (κ2) is 8.45. The van der Waals surface area contributed by atoms with Crippen molar-refractivity contribution in [1.29, 1.82) is 0 Å². The van der Waals surface area contributed by atoms with Gasteiger partial charge in [-0.25, -0.2) is 21.8 Å². The van der Waals surface area contributed by atoms with E-state index in [9.17, 15) is 12.8 Å². The molecule has 0 saturated carbocycles. The molecule has 0 aliphatic carbocycles. The minimum atomic E-state index is -3.22. The van der Waals surface area contributed by atoms with Crippen LogP contribution in [0.4, 0.5) is 4.39 Å². The van der Waals surface area contributed by atoms with Crippen molar-refractivity contribution in [3.05, 3.63) is 60.4 Å². The van der Waals surface area contributed by atoms with Crippen molar-refractivity contribution < 1.29 is 17.3 Å². The number of benzene rings is 1. The Kier molecular flexibility index (Phi) is 5.46. The lowest BCUT2D eigenvalue weighted by molar-refractivity contribution is 0.308. The second-order valence-electron chi connectivity index (χ2n) is 7.78. The van der Waals surface area contributed by atoms with Crippen LogP contribution in [0.25, 0.3) is 28.5 Å². The highest BCUT2D eigenvalue weighted by atomic mass is 32.2. The summed E-state index contributed by atoms with van der Waals surface area (Å²) in [4.78, 5) is 8.58. The van der Waals surface area contributed by atoms with Gasteiger partial charge in [-0.05, 0) is 37.1 Å². The summed E-state index contributed by atoms with van der Waals surface area (Å²) in [7, 11) is -3.22. The molecule has 0 bridgehead atoms. The van der Waals surface area contributed by atoms with Crippen molar-refractivity contribution in [3.63, 3.8) is 0 Å². The summed E-state index contributed by atoms with van der Waals surface area (Å²) >= 11 is 0. The normalized spacial score (nSPS) is 15.7. The summed E-state index contributed by atoms with van der Waals surface area (Å²) in [5.74, 6) is 0.156. The van der Waals surface area contributed by atoms with Crippen molar-refractivity contribution in [2.75, 3.05) is 19.3 Å². The van der Waals surface area contributed by atoms with E-state index in [1.54, 1.807) is 42.7 Å². The van der Waals surface area contributed by atoms with Crippen LogP contribution in [-0.4, -0.2) is 62.2 Å². The fourth-order valence-electron chi connectivity index (χ4n) is 3.93. The Morgan fingerprint density at radius 2 is 1.82 bits per heavy atom. The average molecular weight is 470 g/mol. The molecule has 1 fully saturated rings. The number of rotatable bonds is 5. The van der Waals surface area contributed by atoms with Gasteiger partial charge in [0.15, 0.2) is 11.5 Å². The van der Waals surface area contributed by atoms with E-state index in [2.05, 4.69) is 25.4 Å². The molecular formula is C21H20FN7O3S. The smallest absolute Gasteiger partial charge is 0.280 e. The summed E-state index contributed by atoms with van der Waals surface area (Å²) in [6, 6.07) is 9.79. The minimum absolute atomic E-state index is 0.0357. The fourth-order valence-corrected chi connectivity index (χ4v) is 4.80. The number of piperidine rings is 1. The van der Waals surface area contributed by atoms with Gasteiger partial charge in [0.05, 0.1) is 6.26 Å². The third-order valence-electron chi connectivity index (χ3n) is 5.64. The first-order valence-corrected chi connectivity index (χ1v) is 12.2. The first-order valence-electron chi connectivity index (χ1n) is 10.3. The van der Waals surface area contributed by atoms with E-state index in [0.717, 1.165) is 0 Å². The van der Waals surface area contributed by atoms with Gasteiger partial charge in [0, 0.05) is 37.0 Å². The molecule has 0 spiro atoms. The summed E-state index contributed by atoms with van der Waals surface area (Å²) in [5, 5.41) is 12.5. The van der Waals surface area contributed by atoms with Gasteiger partial charge >= 0.3 is 0 Å². The summed E-state index contributed by atoms with van der Waals surface area (Å²) in [6.45, 7) is 0.804. The highest BCUT2D eigenvalue weighted by Gasteiger charge is 2.30. The molecular weight excluding hydrogens is 449 g/mol. The van der Waals surface area contributed by atoms with Gasteiger partial charge in [0.1, 0.15) is 17.2 Å². The highest BCUT2D eigenvalue weighted by Crippen LogP contribution is 2.33. The fraction of sp³-hybridized carbons (Fsp3) is 0.286. The molecule has 0 radical (unpaired) electrons. The van der Waals surface area contributed by atoms with Crippen LogP contribution in [0.3, 0.4) is 0 Å². The molecule has 4 heterocycles. The maximum atomic E-state index is 14.5. The van der Waals surface area contributed by atoms with Crippen molar-refractivity contribution in [3.8, 4) is 28.5 Å². The minimum Gasteiger partial charge on any atom is -0.332 e. The molecule has 10 nitrogen and oxygen atoms in total. The topological polar surface area (TPSA) is 120 Å². The number of aromatic nitrogens is 6. The third kappa shape index (κ3) is 4.14. The number of nitrogens with zero attached hydrogens (tertiary/aromatic N) is 7. The van der Waals surface area contributed by atoms with Crippen LogP contribution in [0.2, 0.25) is 0 Å².